The summed E-state index contributed by atoms with van der Waals surface area (Å²) in [5, 5.41) is 6.58. The van der Waals surface area contributed by atoms with Gasteiger partial charge in [-0.25, -0.2) is 14.5 Å². The van der Waals surface area contributed by atoms with Crippen LogP contribution >= 0.6 is 0 Å². The summed E-state index contributed by atoms with van der Waals surface area (Å²) in [6, 6.07) is 2.84. The molecule has 2 rings (SSSR count). The van der Waals surface area contributed by atoms with Crippen molar-refractivity contribution in [2.75, 3.05) is 5.32 Å². The van der Waals surface area contributed by atoms with E-state index in [1.54, 1.807) is 33.0 Å². The highest BCUT2D eigenvalue weighted by Gasteiger charge is 2.16. The van der Waals surface area contributed by atoms with Gasteiger partial charge in [0.05, 0.1) is 23.8 Å². The molecule has 6 nitrogen and oxygen atoms in total. The molecule has 0 radical (unpaired) electrons. The van der Waals surface area contributed by atoms with E-state index in [4.69, 9.17) is 4.74 Å². The van der Waals surface area contributed by atoms with Crippen LogP contribution in [0.15, 0.2) is 30.7 Å². The van der Waals surface area contributed by atoms with Crippen molar-refractivity contribution in [3.63, 3.8) is 0 Å². The lowest BCUT2D eigenvalue weighted by Crippen LogP contribution is -2.27. The molecule has 0 aliphatic heterocycles. The first-order valence-electron chi connectivity index (χ1n) is 6.00. The third-order valence-electron chi connectivity index (χ3n) is 2.20. The first kappa shape index (κ1) is 14.0. The van der Waals surface area contributed by atoms with Crippen molar-refractivity contribution in [2.45, 2.75) is 26.4 Å². The number of nitrogens with zero attached hydrogens (tertiary/aromatic N) is 3. The molecule has 0 unspecified atom stereocenters. The van der Waals surface area contributed by atoms with Crippen LogP contribution in [-0.2, 0) is 4.74 Å². The van der Waals surface area contributed by atoms with Gasteiger partial charge in [-0.15, -0.1) is 0 Å². The first-order valence-corrected chi connectivity index (χ1v) is 6.00. The minimum atomic E-state index is -0.598. The molecule has 0 saturated heterocycles. The Morgan fingerprint density at radius 1 is 1.45 bits per heavy atom. The van der Waals surface area contributed by atoms with Crippen molar-refractivity contribution < 1.29 is 13.9 Å². The average molecular weight is 278 g/mol. The Kier molecular flexibility index (Phi) is 3.69. The molecule has 0 aliphatic carbocycles. The van der Waals surface area contributed by atoms with Crippen LogP contribution in [0, 0.1) is 5.95 Å². The number of halogens is 1. The number of ether oxygens (including phenoxy) is 1. The molecule has 2 heterocycles. The van der Waals surface area contributed by atoms with Gasteiger partial charge in [0.2, 0.25) is 5.95 Å². The van der Waals surface area contributed by atoms with Gasteiger partial charge in [-0.1, -0.05) is 0 Å². The van der Waals surface area contributed by atoms with Crippen LogP contribution in [-0.4, -0.2) is 26.5 Å². The summed E-state index contributed by atoms with van der Waals surface area (Å²) in [5.74, 6) is -0.598. The Morgan fingerprint density at radius 3 is 2.85 bits per heavy atom. The lowest BCUT2D eigenvalue weighted by Gasteiger charge is -2.19. The highest BCUT2D eigenvalue weighted by Crippen LogP contribution is 2.14. The van der Waals surface area contributed by atoms with Crippen LogP contribution < -0.4 is 5.32 Å². The summed E-state index contributed by atoms with van der Waals surface area (Å²) in [6.45, 7) is 5.32. The number of amides is 1. The summed E-state index contributed by atoms with van der Waals surface area (Å²) in [5.41, 5.74) is 0.389. The smallest absolute Gasteiger partial charge is 0.412 e. The van der Waals surface area contributed by atoms with E-state index in [-0.39, 0.29) is 0 Å². The number of nitrogens with one attached hydrogen (secondary N) is 1. The molecule has 0 aromatic carbocycles. The van der Waals surface area contributed by atoms with Crippen LogP contribution in [0.2, 0.25) is 0 Å². The van der Waals surface area contributed by atoms with E-state index in [0.29, 0.717) is 11.4 Å². The Morgan fingerprint density at radius 2 is 2.20 bits per heavy atom. The number of carbonyl (C=O) groups is 1. The molecular formula is C13H15FN4O2. The fourth-order valence-electron chi connectivity index (χ4n) is 1.48. The zero-order valence-electron chi connectivity index (χ0n) is 11.4. The van der Waals surface area contributed by atoms with Gasteiger partial charge in [-0.2, -0.15) is 9.49 Å². The minimum absolute atomic E-state index is 0.455. The summed E-state index contributed by atoms with van der Waals surface area (Å²) in [6.07, 6.45) is 3.77. The minimum Gasteiger partial charge on any atom is -0.444 e. The van der Waals surface area contributed by atoms with Crippen molar-refractivity contribution >= 4 is 11.8 Å². The Hall–Kier alpha value is -2.44. The summed E-state index contributed by atoms with van der Waals surface area (Å²) < 4.78 is 19.6. The Bertz CT molecular complexity index is 619. The van der Waals surface area contributed by atoms with Crippen LogP contribution in [0.5, 0.6) is 0 Å². The second-order valence-electron chi connectivity index (χ2n) is 5.14. The lowest BCUT2D eigenvalue weighted by atomic mass is 10.2. The predicted molar refractivity (Wildman–Crippen MR) is 71.2 cm³/mol. The Balaban J connectivity index is 2.08. The predicted octanol–water partition coefficient (Wildman–Crippen LogP) is 2.75. The normalized spacial score (nSPS) is 11.2. The van der Waals surface area contributed by atoms with Crippen LogP contribution in [0.3, 0.4) is 0 Å². The lowest BCUT2D eigenvalue weighted by molar-refractivity contribution is 0.0636. The van der Waals surface area contributed by atoms with Crippen LogP contribution in [0.25, 0.3) is 5.69 Å². The second kappa shape index (κ2) is 5.28. The monoisotopic (exact) mass is 278 g/mol. The second-order valence-corrected chi connectivity index (χ2v) is 5.14. The molecular weight excluding hydrogens is 263 g/mol. The summed E-state index contributed by atoms with van der Waals surface area (Å²) in [7, 11) is 0. The SMILES string of the molecule is CC(C)(C)OC(=O)Nc1cnn(-c2ccnc(F)c2)c1. The Labute approximate surface area is 115 Å². The van der Waals surface area contributed by atoms with E-state index in [0.717, 1.165) is 0 Å². The molecule has 0 saturated carbocycles. The van der Waals surface area contributed by atoms with E-state index in [1.807, 2.05) is 0 Å². The molecule has 0 atom stereocenters. The maximum atomic E-state index is 13.0. The van der Waals surface area contributed by atoms with E-state index < -0.39 is 17.6 Å². The van der Waals surface area contributed by atoms with E-state index in [2.05, 4.69) is 15.4 Å². The zero-order valence-corrected chi connectivity index (χ0v) is 11.4. The molecule has 2 aromatic heterocycles. The fraction of sp³-hybridized carbons (Fsp3) is 0.308. The molecule has 0 spiro atoms. The van der Waals surface area contributed by atoms with E-state index in [1.165, 1.54) is 23.1 Å². The fourth-order valence-corrected chi connectivity index (χ4v) is 1.48. The van der Waals surface area contributed by atoms with Crippen molar-refractivity contribution in [1.29, 1.82) is 0 Å². The number of anilines is 1. The van der Waals surface area contributed by atoms with Gasteiger partial charge in [0.1, 0.15) is 5.60 Å². The van der Waals surface area contributed by atoms with Gasteiger partial charge in [0.15, 0.2) is 0 Å². The standard InChI is InChI=1S/C13H15FN4O2/c1-13(2,3)20-12(19)17-9-7-16-18(8-9)10-4-5-15-11(14)6-10/h4-8H,1-3H3,(H,17,19). The van der Waals surface area contributed by atoms with Crippen LogP contribution in [0.4, 0.5) is 14.9 Å². The largest absolute Gasteiger partial charge is 0.444 e. The molecule has 1 amide bonds. The van der Waals surface area contributed by atoms with Crippen molar-refractivity contribution in [3.05, 3.63) is 36.7 Å². The highest BCUT2D eigenvalue weighted by atomic mass is 19.1. The topological polar surface area (TPSA) is 69.0 Å². The first-order chi connectivity index (χ1) is 9.33. The number of pyridine rings is 1. The molecule has 106 valence electrons. The molecule has 0 fully saturated rings. The summed E-state index contributed by atoms with van der Waals surface area (Å²) in [4.78, 5) is 15.1. The molecule has 0 bridgehead atoms. The van der Waals surface area contributed by atoms with E-state index in [9.17, 15) is 9.18 Å². The van der Waals surface area contributed by atoms with Crippen molar-refractivity contribution in [2.24, 2.45) is 0 Å². The quantitative estimate of drug-likeness (QED) is 0.858. The molecule has 1 N–H and O–H groups in total. The third kappa shape index (κ3) is 3.78. The average Bonchev–Trinajstić information content (AvgIpc) is 2.74. The maximum absolute atomic E-state index is 13.0. The highest BCUT2D eigenvalue weighted by molar-refractivity contribution is 5.84. The number of aromatic nitrogens is 3. The van der Waals surface area contributed by atoms with Crippen molar-refractivity contribution in [1.82, 2.24) is 14.8 Å². The van der Waals surface area contributed by atoms with Gasteiger partial charge in [0, 0.05) is 12.3 Å². The number of hydrogen-bond acceptors (Lipinski definition) is 4. The number of carbonyl (C=O) groups excluding carboxylic acids is 1. The molecule has 0 aliphatic rings. The van der Waals surface area contributed by atoms with Crippen LogP contribution in [0.1, 0.15) is 20.8 Å². The molecule has 20 heavy (non-hydrogen) atoms. The van der Waals surface area contributed by atoms with Gasteiger partial charge >= 0.3 is 6.09 Å². The van der Waals surface area contributed by atoms with Gasteiger partial charge in [-0.05, 0) is 26.8 Å². The van der Waals surface area contributed by atoms with Gasteiger partial charge < -0.3 is 4.74 Å². The van der Waals surface area contributed by atoms with Gasteiger partial charge in [-0.3, -0.25) is 5.32 Å². The molecule has 7 heteroatoms. The number of rotatable bonds is 2. The zero-order chi connectivity index (χ0) is 14.8. The molecule has 2 aromatic rings. The summed E-state index contributed by atoms with van der Waals surface area (Å²) >= 11 is 0. The third-order valence-corrected chi connectivity index (χ3v) is 2.20. The van der Waals surface area contributed by atoms with Gasteiger partial charge in [0.25, 0.3) is 0 Å². The van der Waals surface area contributed by atoms with E-state index >= 15 is 0 Å². The van der Waals surface area contributed by atoms with Crippen molar-refractivity contribution in [3.8, 4) is 5.69 Å². The maximum Gasteiger partial charge on any atom is 0.412 e. The number of hydrogen-bond donors (Lipinski definition) is 1.